The lowest BCUT2D eigenvalue weighted by atomic mass is 10.0. The van der Waals surface area contributed by atoms with Gasteiger partial charge in [-0.25, -0.2) is 8.42 Å². The van der Waals surface area contributed by atoms with Gasteiger partial charge in [-0.15, -0.1) is 0 Å². The second kappa shape index (κ2) is 15.3. The summed E-state index contributed by atoms with van der Waals surface area (Å²) < 4.78 is 29.1. The highest BCUT2D eigenvalue weighted by Gasteiger charge is 2.35. The first-order valence-electron chi connectivity index (χ1n) is 14.0. The van der Waals surface area contributed by atoms with Crippen LogP contribution in [0.3, 0.4) is 0 Å². The lowest BCUT2D eigenvalue weighted by Gasteiger charge is -2.34. The van der Waals surface area contributed by atoms with Gasteiger partial charge >= 0.3 is 0 Å². The highest BCUT2D eigenvalue weighted by molar-refractivity contribution is 7.92. The van der Waals surface area contributed by atoms with Crippen molar-refractivity contribution in [1.82, 2.24) is 10.2 Å². The number of nitrogens with zero attached hydrogens (tertiary/aromatic N) is 2. The van der Waals surface area contributed by atoms with Gasteiger partial charge in [0.1, 0.15) is 12.6 Å². The molecule has 0 heterocycles. The van der Waals surface area contributed by atoms with E-state index in [1.807, 2.05) is 44.2 Å². The Morgan fingerprint density at radius 2 is 1.40 bits per heavy atom. The maximum Gasteiger partial charge on any atom is 0.264 e. The Hall–Kier alpha value is -3.27. The summed E-state index contributed by atoms with van der Waals surface area (Å²) in [6, 6.07) is 25.1. The molecule has 0 aliphatic rings. The lowest BCUT2D eigenvalue weighted by Crippen LogP contribution is -2.54. The predicted molar refractivity (Wildman–Crippen MR) is 182 cm³/mol. The molecule has 0 saturated carbocycles. The van der Waals surface area contributed by atoms with Gasteiger partial charge in [0.2, 0.25) is 11.8 Å². The summed E-state index contributed by atoms with van der Waals surface area (Å²) in [4.78, 5) is 29.6. The van der Waals surface area contributed by atoms with Crippen LogP contribution in [0.4, 0.5) is 5.69 Å². The quantitative estimate of drug-likeness (QED) is 0.164. The molecule has 45 heavy (non-hydrogen) atoms. The van der Waals surface area contributed by atoms with Crippen molar-refractivity contribution in [2.45, 2.75) is 43.8 Å². The number of amides is 2. The molecule has 0 bridgehead atoms. The molecule has 7 nitrogen and oxygen atoms in total. The molecular formula is C33H31Cl4N3O4S. The van der Waals surface area contributed by atoms with Crippen LogP contribution in [-0.4, -0.2) is 43.8 Å². The maximum atomic E-state index is 14.5. The fraction of sp³-hybridized carbons (Fsp3) is 0.212. The zero-order valence-corrected chi connectivity index (χ0v) is 28.3. The average Bonchev–Trinajstić information content (AvgIpc) is 3.01. The van der Waals surface area contributed by atoms with Crippen LogP contribution in [0.2, 0.25) is 20.1 Å². The molecule has 1 atom stereocenters. The zero-order valence-electron chi connectivity index (χ0n) is 24.5. The first-order valence-corrected chi connectivity index (χ1v) is 16.9. The maximum absolute atomic E-state index is 14.5. The summed E-state index contributed by atoms with van der Waals surface area (Å²) in [7, 11) is -4.33. The molecule has 0 unspecified atom stereocenters. The molecule has 0 aliphatic carbocycles. The molecule has 0 fully saturated rings. The fourth-order valence-corrected chi connectivity index (χ4v) is 6.90. The molecule has 0 radical (unpaired) electrons. The van der Waals surface area contributed by atoms with E-state index in [1.54, 1.807) is 42.5 Å². The molecule has 4 aromatic rings. The van der Waals surface area contributed by atoms with Gasteiger partial charge in [-0.3, -0.25) is 13.9 Å². The van der Waals surface area contributed by atoms with E-state index in [0.717, 1.165) is 9.87 Å². The Balaban J connectivity index is 1.84. The number of benzene rings is 4. The van der Waals surface area contributed by atoms with Crippen molar-refractivity contribution < 1.29 is 18.0 Å². The van der Waals surface area contributed by atoms with Gasteiger partial charge in [-0.05, 0) is 61.4 Å². The topological polar surface area (TPSA) is 86.8 Å². The summed E-state index contributed by atoms with van der Waals surface area (Å²) in [6.07, 6.45) is 0.163. The first kappa shape index (κ1) is 34.6. The predicted octanol–water partition coefficient (Wildman–Crippen LogP) is 7.66. The fourth-order valence-electron chi connectivity index (χ4n) is 4.69. The van der Waals surface area contributed by atoms with Gasteiger partial charge in [0.05, 0.1) is 30.7 Å². The minimum absolute atomic E-state index is 0.0158. The second-order valence-corrected chi connectivity index (χ2v) is 14.0. The number of sulfonamides is 1. The van der Waals surface area contributed by atoms with Crippen LogP contribution >= 0.6 is 46.4 Å². The zero-order chi connectivity index (χ0) is 32.7. The molecule has 0 saturated heterocycles. The molecule has 0 aliphatic heterocycles. The normalized spacial score (nSPS) is 12.1. The van der Waals surface area contributed by atoms with Crippen LogP contribution in [0.1, 0.15) is 25.0 Å². The van der Waals surface area contributed by atoms with Crippen molar-refractivity contribution in [2.24, 2.45) is 0 Å². The first-order chi connectivity index (χ1) is 21.4. The van der Waals surface area contributed by atoms with E-state index in [9.17, 15) is 18.0 Å². The number of hydrogen-bond donors (Lipinski definition) is 1. The summed E-state index contributed by atoms with van der Waals surface area (Å²) in [5, 5.41) is 3.58. The Morgan fingerprint density at radius 3 is 2.02 bits per heavy atom. The number of halogens is 4. The van der Waals surface area contributed by atoms with Crippen LogP contribution in [0, 0.1) is 0 Å². The van der Waals surface area contributed by atoms with E-state index < -0.39 is 34.4 Å². The number of hydrogen-bond acceptors (Lipinski definition) is 4. The number of nitrogens with one attached hydrogen (secondary N) is 1. The summed E-state index contributed by atoms with van der Waals surface area (Å²) in [5.74, 6) is -1.06. The number of anilines is 1. The van der Waals surface area contributed by atoms with Crippen molar-refractivity contribution in [1.29, 1.82) is 0 Å². The van der Waals surface area contributed by atoms with Gasteiger partial charge in [0, 0.05) is 19.0 Å². The van der Waals surface area contributed by atoms with Gasteiger partial charge in [0.25, 0.3) is 10.0 Å². The summed E-state index contributed by atoms with van der Waals surface area (Å²) in [5.41, 5.74) is 1.41. The van der Waals surface area contributed by atoms with Crippen molar-refractivity contribution >= 4 is 73.9 Å². The average molecular weight is 708 g/mol. The standard InChI is InChI=1S/C33H31Cl4N3O4S/c1-22(2)38-33(42)30(19-23-10-5-3-6-11-23)39(20-24-16-17-26(34)28(36)18-24)31(41)21-40(29-15-9-14-27(35)32(29)37)45(43,44)25-12-7-4-8-13-25/h3-18,22,30H,19-21H2,1-2H3,(H,38,42)/t30-/m0/s1. The number of rotatable bonds is 12. The lowest BCUT2D eigenvalue weighted by molar-refractivity contribution is -0.140. The van der Waals surface area contributed by atoms with Crippen LogP contribution in [-0.2, 0) is 32.6 Å². The molecule has 236 valence electrons. The van der Waals surface area contributed by atoms with Crippen molar-refractivity contribution in [3.63, 3.8) is 0 Å². The van der Waals surface area contributed by atoms with Crippen molar-refractivity contribution in [2.75, 3.05) is 10.8 Å². The Kier molecular flexibility index (Phi) is 11.8. The monoisotopic (exact) mass is 705 g/mol. The van der Waals surface area contributed by atoms with Crippen molar-refractivity contribution in [3.05, 3.63) is 128 Å². The Morgan fingerprint density at radius 1 is 0.756 bits per heavy atom. The van der Waals surface area contributed by atoms with E-state index in [4.69, 9.17) is 46.4 Å². The van der Waals surface area contributed by atoms with Gasteiger partial charge in [-0.2, -0.15) is 0 Å². The molecule has 12 heteroatoms. The van der Waals surface area contributed by atoms with E-state index in [-0.39, 0.29) is 44.7 Å². The third-order valence-electron chi connectivity index (χ3n) is 6.85. The highest BCUT2D eigenvalue weighted by Crippen LogP contribution is 2.36. The van der Waals surface area contributed by atoms with E-state index >= 15 is 0 Å². The number of carbonyl (C=O) groups excluding carboxylic acids is 2. The van der Waals surface area contributed by atoms with E-state index in [1.165, 1.54) is 29.2 Å². The molecule has 0 aromatic heterocycles. The van der Waals surface area contributed by atoms with Gasteiger partial charge < -0.3 is 10.2 Å². The highest BCUT2D eigenvalue weighted by atomic mass is 35.5. The Bertz CT molecular complexity index is 1760. The molecule has 0 spiro atoms. The smallest absolute Gasteiger partial charge is 0.264 e. The van der Waals surface area contributed by atoms with E-state index in [2.05, 4.69) is 5.32 Å². The second-order valence-electron chi connectivity index (χ2n) is 10.5. The van der Waals surface area contributed by atoms with E-state index in [0.29, 0.717) is 10.6 Å². The van der Waals surface area contributed by atoms with Crippen LogP contribution in [0.5, 0.6) is 0 Å². The van der Waals surface area contributed by atoms with Crippen molar-refractivity contribution in [3.8, 4) is 0 Å². The third-order valence-corrected chi connectivity index (χ3v) is 10.2. The molecule has 4 rings (SSSR count). The third kappa shape index (κ3) is 8.71. The molecular weight excluding hydrogens is 676 g/mol. The number of carbonyl (C=O) groups is 2. The summed E-state index contributed by atoms with van der Waals surface area (Å²) in [6.45, 7) is 2.88. The Labute approximate surface area is 283 Å². The summed E-state index contributed by atoms with van der Waals surface area (Å²) >= 11 is 25.3. The van der Waals surface area contributed by atoms with Gasteiger partial charge in [-0.1, -0.05) is 107 Å². The SMILES string of the molecule is CC(C)NC(=O)[C@H](Cc1ccccc1)N(Cc1ccc(Cl)c(Cl)c1)C(=O)CN(c1cccc(Cl)c1Cl)S(=O)(=O)c1ccccc1. The largest absolute Gasteiger partial charge is 0.352 e. The van der Waals surface area contributed by atoms with Crippen LogP contribution < -0.4 is 9.62 Å². The minimum atomic E-state index is -4.33. The molecule has 1 N–H and O–H groups in total. The molecule has 4 aromatic carbocycles. The van der Waals surface area contributed by atoms with Crippen LogP contribution in [0.15, 0.2) is 102 Å². The minimum Gasteiger partial charge on any atom is -0.352 e. The molecule has 2 amide bonds. The van der Waals surface area contributed by atoms with Crippen LogP contribution in [0.25, 0.3) is 0 Å². The van der Waals surface area contributed by atoms with Gasteiger partial charge in [0.15, 0.2) is 0 Å².